The van der Waals surface area contributed by atoms with E-state index in [1.165, 1.54) is 18.4 Å². The number of halogens is 1. The van der Waals surface area contributed by atoms with E-state index in [-0.39, 0.29) is 42.4 Å². The van der Waals surface area contributed by atoms with Gasteiger partial charge in [-0.3, -0.25) is 9.59 Å². The molecule has 0 saturated carbocycles. The largest absolute Gasteiger partial charge is 0.459 e. The van der Waals surface area contributed by atoms with Crippen molar-refractivity contribution in [3.05, 3.63) is 59.8 Å². The van der Waals surface area contributed by atoms with E-state index in [1.54, 1.807) is 36.2 Å². The van der Waals surface area contributed by atoms with E-state index < -0.39 is 0 Å². The van der Waals surface area contributed by atoms with Gasteiger partial charge in [0.25, 0.3) is 5.91 Å². The van der Waals surface area contributed by atoms with Crippen LogP contribution in [-0.2, 0) is 4.79 Å². The summed E-state index contributed by atoms with van der Waals surface area (Å²) in [4.78, 5) is 25.4. The van der Waals surface area contributed by atoms with Gasteiger partial charge in [-0.2, -0.15) is 0 Å². The van der Waals surface area contributed by atoms with Crippen LogP contribution in [0.3, 0.4) is 0 Å². The van der Waals surface area contributed by atoms with E-state index in [9.17, 15) is 14.0 Å². The molecule has 122 valence electrons. The van der Waals surface area contributed by atoms with Crippen LogP contribution < -0.4 is 5.32 Å². The average molecular weight is 318 g/mol. The van der Waals surface area contributed by atoms with Crippen molar-refractivity contribution in [3.63, 3.8) is 0 Å². The molecule has 0 spiro atoms. The lowest BCUT2D eigenvalue weighted by atomic mass is 10.1. The molecule has 1 heterocycles. The van der Waals surface area contributed by atoms with E-state index >= 15 is 0 Å². The number of hydrogen-bond acceptors (Lipinski definition) is 3. The van der Waals surface area contributed by atoms with Crippen molar-refractivity contribution in [2.24, 2.45) is 0 Å². The molecule has 1 unspecified atom stereocenters. The number of carbonyl (C=O) groups excluding carboxylic acids is 2. The predicted molar refractivity (Wildman–Crippen MR) is 83.2 cm³/mol. The normalized spacial score (nSPS) is 11.8. The van der Waals surface area contributed by atoms with Gasteiger partial charge in [0.15, 0.2) is 5.76 Å². The van der Waals surface area contributed by atoms with Crippen LogP contribution in [0.15, 0.2) is 47.1 Å². The molecule has 0 aliphatic heterocycles. The molecule has 0 bridgehead atoms. The minimum absolute atomic E-state index is 0.110. The minimum atomic E-state index is -0.350. The topological polar surface area (TPSA) is 62.6 Å². The van der Waals surface area contributed by atoms with E-state index in [0.29, 0.717) is 0 Å². The van der Waals surface area contributed by atoms with Crippen LogP contribution in [0.25, 0.3) is 0 Å². The molecular formula is C17H19FN2O3. The van der Waals surface area contributed by atoms with Gasteiger partial charge in [0.2, 0.25) is 5.91 Å². The van der Waals surface area contributed by atoms with Crippen LogP contribution in [0, 0.1) is 5.82 Å². The molecule has 1 atom stereocenters. The summed E-state index contributed by atoms with van der Waals surface area (Å²) >= 11 is 0. The van der Waals surface area contributed by atoms with Crippen LogP contribution in [-0.4, -0.2) is 30.3 Å². The Hall–Kier alpha value is -2.63. The lowest BCUT2D eigenvalue weighted by molar-refractivity contribution is -0.131. The van der Waals surface area contributed by atoms with E-state index in [4.69, 9.17) is 4.42 Å². The molecule has 23 heavy (non-hydrogen) atoms. The number of nitrogens with one attached hydrogen (secondary N) is 1. The maximum Gasteiger partial charge on any atom is 0.286 e. The van der Waals surface area contributed by atoms with Gasteiger partial charge in [-0.1, -0.05) is 12.1 Å². The van der Waals surface area contributed by atoms with Gasteiger partial charge in [-0.15, -0.1) is 0 Å². The molecular weight excluding hydrogens is 299 g/mol. The Morgan fingerprint density at radius 3 is 2.57 bits per heavy atom. The second kappa shape index (κ2) is 7.58. The summed E-state index contributed by atoms with van der Waals surface area (Å²) in [6.45, 7) is 2.09. The molecule has 5 nitrogen and oxygen atoms in total. The van der Waals surface area contributed by atoms with E-state index in [0.717, 1.165) is 5.56 Å². The third-order valence-electron chi connectivity index (χ3n) is 3.70. The Morgan fingerprint density at radius 1 is 1.26 bits per heavy atom. The van der Waals surface area contributed by atoms with E-state index in [1.807, 2.05) is 6.92 Å². The molecule has 6 heteroatoms. The third kappa shape index (κ3) is 4.42. The van der Waals surface area contributed by atoms with Crippen LogP contribution in [0.2, 0.25) is 0 Å². The number of amides is 2. The molecule has 0 radical (unpaired) electrons. The fraction of sp³-hybridized carbons (Fsp3) is 0.294. The summed E-state index contributed by atoms with van der Waals surface area (Å²) in [5.41, 5.74) is 0.849. The lowest BCUT2D eigenvalue weighted by Crippen LogP contribution is -2.33. The Balaban J connectivity index is 1.82. The number of carbonyl (C=O) groups is 2. The lowest BCUT2D eigenvalue weighted by Gasteiger charge is -2.25. The Kier molecular flexibility index (Phi) is 5.51. The van der Waals surface area contributed by atoms with Gasteiger partial charge < -0.3 is 14.6 Å². The molecule has 0 aliphatic rings. The van der Waals surface area contributed by atoms with Crippen LogP contribution in [0.5, 0.6) is 0 Å². The first-order valence-corrected chi connectivity index (χ1v) is 7.32. The first kappa shape index (κ1) is 16.7. The number of nitrogens with zero attached hydrogens (tertiary/aromatic N) is 1. The molecule has 0 aliphatic carbocycles. The van der Waals surface area contributed by atoms with Gasteiger partial charge in [-0.05, 0) is 36.8 Å². The van der Waals surface area contributed by atoms with Gasteiger partial charge in [-0.25, -0.2) is 4.39 Å². The number of furan rings is 1. The van der Waals surface area contributed by atoms with Gasteiger partial charge in [0, 0.05) is 20.0 Å². The smallest absolute Gasteiger partial charge is 0.286 e. The first-order chi connectivity index (χ1) is 11.0. The average Bonchev–Trinajstić information content (AvgIpc) is 3.08. The first-order valence-electron chi connectivity index (χ1n) is 7.32. The van der Waals surface area contributed by atoms with Crippen molar-refractivity contribution < 1.29 is 18.4 Å². The molecule has 2 rings (SSSR count). The number of benzene rings is 1. The third-order valence-corrected chi connectivity index (χ3v) is 3.70. The highest BCUT2D eigenvalue weighted by atomic mass is 19.1. The van der Waals surface area contributed by atoms with Crippen molar-refractivity contribution >= 4 is 11.8 Å². The molecule has 0 saturated heterocycles. The zero-order valence-electron chi connectivity index (χ0n) is 13.1. The van der Waals surface area contributed by atoms with E-state index in [2.05, 4.69) is 5.32 Å². The van der Waals surface area contributed by atoms with Crippen LogP contribution >= 0.6 is 0 Å². The minimum Gasteiger partial charge on any atom is -0.459 e. The molecule has 1 aromatic carbocycles. The molecule has 2 amide bonds. The monoisotopic (exact) mass is 318 g/mol. The highest BCUT2D eigenvalue weighted by Crippen LogP contribution is 2.19. The number of hydrogen-bond donors (Lipinski definition) is 1. The molecule has 1 aromatic heterocycles. The molecule has 0 fully saturated rings. The standard InChI is InChI=1S/C17H19FN2O3/c1-12(13-5-7-14(18)8-6-13)20(2)16(21)9-10-19-17(22)15-4-3-11-23-15/h3-8,11-12H,9-10H2,1-2H3,(H,19,22). The predicted octanol–water partition coefficient (Wildman–Crippen LogP) is 2.76. The Morgan fingerprint density at radius 2 is 1.96 bits per heavy atom. The maximum atomic E-state index is 12.9. The Labute approximate surface area is 134 Å². The zero-order valence-corrected chi connectivity index (χ0v) is 13.1. The second-order valence-corrected chi connectivity index (χ2v) is 5.22. The Bertz CT molecular complexity index is 653. The molecule has 1 N–H and O–H groups in total. The highest BCUT2D eigenvalue weighted by Gasteiger charge is 2.17. The van der Waals surface area contributed by atoms with Crippen LogP contribution in [0.1, 0.15) is 35.5 Å². The van der Waals surface area contributed by atoms with Crippen LogP contribution in [0.4, 0.5) is 4.39 Å². The number of rotatable bonds is 6. The summed E-state index contributed by atoms with van der Waals surface area (Å²) in [6.07, 6.45) is 1.59. The van der Waals surface area contributed by atoms with Crippen molar-refractivity contribution in [1.82, 2.24) is 10.2 Å². The van der Waals surface area contributed by atoms with Crippen molar-refractivity contribution in [3.8, 4) is 0 Å². The molecule has 2 aromatic rings. The SMILES string of the molecule is CC(c1ccc(F)cc1)N(C)C(=O)CCNC(=O)c1ccco1. The van der Waals surface area contributed by atoms with Gasteiger partial charge in [0.1, 0.15) is 5.82 Å². The van der Waals surface area contributed by atoms with Crippen molar-refractivity contribution in [2.75, 3.05) is 13.6 Å². The maximum absolute atomic E-state index is 12.9. The van der Waals surface area contributed by atoms with Crippen molar-refractivity contribution in [2.45, 2.75) is 19.4 Å². The van der Waals surface area contributed by atoms with Gasteiger partial charge in [0.05, 0.1) is 12.3 Å². The fourth-order valence-corrected chi connectivity index (χ4v) is 2.14. The summed E-state index contributed by atoms with van der Waals surface area (Å²) in [5, 5.41) is 2.63. The van der Waals surface area contributed by atoms with Crippen molar-refractivity contribution in [1.29, 1.82) is 0 Å². The quantitative estimate of drug-likeness (QED) is 0.891. The zero-order chi connectivity index (χ0) is 16.8. The summed E-state index contributed by atoms with van der Waals surface area (Å²) in [5.74, 6) is -0.556. The summed E-state index contributed by atoms with van der Waals surface area (Å²) in [6, 6.07) is 9.05. The second-order valence-electron chi connectivity index (χ2n) is 5.22. The summed E-state index contributed by atoms with van der Waals surface area (Å²) < 4.78 is 17.9. The summed E-state index contributed by atoms with van der Waals surface area (Å²) in [7, 11) is 1.69. The highest BCUT2D eigenvalue weighted by molar-refractivity contribution is 5.91. The fourth-order valence-electron chi connectivity index (χ4n) is 2.14. The van der Waals surface area contributed by atoms with Gasteiger partial charge >= 0.3 is 0 Å².